The normalized spacial score (nSPS) is 10.3. The van der Waals surface area contributed by atoms with Crippen molar-refractivity contribution in [2.24, 2.45) is 0 Å². The summed E-state index contributed by atoms with van der Waals surface area (Å²) in [5, 5.41) is 0.676. The van der Waals surface area contributed by atoms with Crippen LogP contribution < -0.4 is 5.73 Å². The zero-order valence-electron chi connectivity index (χ0n) is 11.1. The zero-order valence-corrected chi connectivity index (χ0v) is 12.7. The van der Waals surface area contributed by atoms with E-state index in [-0.39, 0.29) is 0 Å². The number of hydrogen-bond donors (Lipinski definition) is 1. The van der Waals surface area contributed by atoms with E-state index in [1.165, 1.54) is 18.9 Å². The van der Waals surface area contributed by atoms with Crippen LogP contribution in [0.15, 0.2) is 46.2 Å². The van der Waals surface area contributed by atoms with Crippen molar-refractivity contribution < 1.29 is 9.53 Å². The fraction of sp³-hybridized carbons (Fsp3) is 0.133. The van der Waals surface area contributed by atoms with Gasteiger partial charge in [0.25, 0.3) is 0 Å². The molecule has 5 heteroatoms. The minimum atomic E-state index is -0.431. The van der Waals surface area contributed by atoms with Crippen LogP contribution in [0.25, 0.3) is 0 Å². The number of nitrogen functional groups attached to an aromatic ring is 1. The predicted molar refractivity (Wildman–Crippen MR) is 82.5 cm³/mol. The average Bonchev–Trinajstić information content (AvgIpc) is 2.42. The summed E-state index contributed by atoms with van der Waals surface area (Å²) < 4.78 is 4.75. The van der Waals surface area contributed by atoms with Crippen LogP contribution >= 0.6 is 23.4 Å². The molecule has 2 rings (SSSR count). The highest BCUT2D eigenvalue weighted by Crippen LogP contribution is 2.33. The molecule has 0 saturated heterocycles. The first-order valence-electron chi connectivity index (χ1n) is 5.93. The van der Waals surface area contributed by atoms with Crippen molar-refractivity contribution in [1.29, 1.82) is 0 Å². The Kier molecular flexibility index (Phi) is 4.57. The standard InChI is InChI=1S/C15H14ClNO2S/c1-9-6-12(8-13(14(9)17)15(18)19-2)20-11-5-3-4-10(16)7-11/h3-8H,17H2,1-2H3. The quantitative estimate of drug-likeness (QED) is 0.683. The van der Waals surface area contributed by atoms with E-state index in [4.69, 9.17) is 22.1 Å². The van der Waals surface area contributed by atoms with Gasteiger partial charge in [0, 0.05) is 20.5 Å². The van der Waals surface area contributed by atoms with Crippen LogP contribution in [0.4, 0.5) is 5.69 Å². The lowest BCUT2D eigenvalue weighted by Crippen LogP contribution is -2.07. The third kappa shape index (κ3) is 3.26. The number of hydrogen-bond acceptors (Lipinski definition) is 4. The Bertz CT molecular complexity index is 658. The molecule has 3 nitrogen and oxygen atoms in total. The Morgan fingerprint density at radius 1 is 1.25 bits per heavy atom. The van der Waals surface area contributed by atoms with Gasteiger partial charge in [0.2, 0.25) is 0 Å². The van der Waals surface area contributed by atoms with Crippen molar-refractivity contribution in [3.63, 3.8) is 0 Å². The lowest BCUT2D eigenvalue weighted by molar-refractivity contribution is 0.0601. The monoisotopic (exact) mass is 307 g/mol. The van der Waals surface area contributed by atoms with E-state index in [9.17, 15) is 4.79 Å². The van der Waals surface area contributed by atoms with Crippen LogP contribution in [0.3, 0.4) is 0 Å². The van der Waals surface area contributed by atoms with Gasteiger partial charge in [0.15, 0.2) is 0 Å². The van der Waals surface area contributed by atoms with Crippen molar-refractivity contribution >= 4 is 35.0 Å². The molecular weight excluding hydrogens is 294 g/mol. The van der Waals surface area contributed by atoms with Crippen molar-refractivity contribution in [2.75, 3.05) is 12.8 Å². The molecule has 0 bridgehead atoms. The summed E-state index contributed by atoms with van der Waals surface area (Å²) in [5.74, 6) is -0.431. The van der Waals surface area contributed by atoms with Crippen LogP contribution in [0, 0.1) is 6.92 Å². The maximum Gasteiger partial charge on any atom is 0.340 e. The number of ether oxygens (including phenoxy) is 1. The Balaban J connectivity index is 2.38. The highest BCUT2D eigenvalue weighted by molar-refractivity contribution is 7.99. The third-order valence-electron chi connectivity index (χ3n) is 2.80. The zero-order chi connectivity index (χ0) is 14.7. The van der Waals surface area contributed by atoms with Gasteiger partial charge in [-0.2, -0.15) is 0 Å². The molecule has 0 atom stereocenters. The van der Waals surface area contributed by atoms with E-state index in [0.717, 1.165) is 15.4 Å². The van der Waals surface area contributed by atoms with E-state index in [0.29, 0.717) is 16.3 Å². The topological polar surface area (TPSA) is 52.3 Å². The summed E-state index contributed by atoms with van der Waals surface area (Å²) in [4.78, 5) is 13.6. The van der Waals surface area contributed by atoms with Crippen LogP contribution in [-0.2, 0) is 4.74 Å². The third-order valence-corrected chi connectivity index (χ3v) is 3.99. The van der Waals surface area contributed by atoms with E-state index >= 15 is 0 Å². The molecule has 0 amide bonds. The molecule has 0 aliphatic rings. The molecule has 2 aromatic carbocycles. The Hall–Kier alpha value is -1.65. The SMILES string of the molecule is COC(=O)c1cc(Sc2cccc(Cl)c2)cc(C)c1N. The van der Waals surface area contributed by atoms with Gasteiger partial charge in [-0.3, -0.25) is 0 Å². The summed E-state index contributed by atoms with van der Waals surface area (Å²) in [6.07, 6.45) is 0. The molecule has 0 radical (unpaired) electrons. The maximum atomic E-state index is 11.7. The lowest BCUT2D eigenvalue weighted by Gasteiger charge is -2.10. The highest BCUT2D eigenvalue weighted by atomic mass is 35.5. The number of benzene rings is 2. The Morgan fingerprint density at radius 2 is 2.00 bits per heavy atom. The molecule has 2 aromatic rings. The summed E-state index contributed by atoms with van der Waals surface area (Å²) in [5.41, 5.74) is 7.60. The lowest BCUT2D eigenvalue weighted by atomic mass is 10.1. The number of carbonyl (C=O) groups is 1. The number of halogens is 1. The number of rotatable bonds is 3. The largest absolute Gasteiger partial charge is 0.465 e. The first kappa shape index (κ1) is 14.8. The van der Waals surface area contributed by atoms with E-state index in [2.05, 4.69) is 0 Å². The van der Waals surface area contributed by atoms with Crippen LogP contribution in [0.5, 0.6) is 0 Å². The van der Waals surface area contributed by atoms with Gasteiger partial charge in [-0.05, 0) is 42.8 Å². The fourth-order valence-corrected chi connectivity index (χ4v) is 3.04. The van der Waals surface area contributed by atoms with Crippen molar-refractivity contribution in [1.82, 2.24) is 0 Å². The van der Waals surface area contributed by atoms with Gasteiger partial charge in [-0.15, -0.1) is 0 Å². The van der Waals surface area contributed by atoms with Gasteiger partial charge in [-0.25, -0.2) is 4.79 Å². The average molecular weight is 308 g/mol. The molecule has 0 spiro atoms. The van der Waals surface area contributed by atoms with E-state index < -0.39 is 5.97 Å². The van der Waals surface area contributed by atoms with Crippen LogP contribution in [0.1, 0.15) is 15.9 Å². The Morgan fingerprint density at radius 3 is 2.65 bits per heavy atom. The number of esters is 1. The number of anilines is 1. The van der Waals surface area contributed by atoms with Gasteiger partial charge in [-0.1, -0.05) is 29.4 Å². The van der Waals surface area contributed by atoms with Gasteiger partial charge in [0.1, 0.15) is 0 Å². The second-order valence-electron chi connectivity index (χ2n) is 4.25. The van der Waals surface area contributed by atoms with Crippen molar-refractivity contribution in [3.05, 3.63) is 52.5 Å². The summed E-state index contributed by atoms with van der Waals surface area (Å²) in [7, 11) is 1.34. The number of carbonyl (C=O) groups excluding carboxylic acids is 1. The molecule has 0 saturated carbocycles. The number of methoxy groups -OCH3 is 1. The van der Waals surface area contributed by atoms with Gasteiger partial charge < -0.3 is 10.5 Å². The summed E-state index contributed by atoms with van der Waals surface area (Å²) >= 11 is 7.48. The molecule has 104 valence electrons. The summed E-state index contributed by atoms with van der Waals surface area (Å²) in [6.45, 7) is 1.86. The van der Waals surface area contributed by atoms with Gasteiger partial charge in [0.05, 0.1) is 12.7 Å². The van der Waals surface area contributed by atoms with E-state index in [1.807, 2.05) is 37.3 Å². The van der Waals surface area contributed by atoms with Crippen LogP contribution in [0.2, 0.25) is 5.02 Å². The second-order valence-corrected chi connectivity index (χ2v) is 5.84. The predicted octanol–water partition coefficient (Wildman–Crippen LogP) is 4.17. The fourth-order valence-electron chi connectivity index (χ4n) is 1.77. The smallest absolute Gasteiger partial charge is 0.340 e. The molecule has 20 heavy (non-hydrogen) atoms. The first-order valence-corrected chi connectivity index (χ1v) is 7.12. The number of nitrogens with two attached hydrogens (primary N) is 1. The molecule has 0 aromatic heterocycles. The Labute approximate surface area is 127 Å². The number of aryl methyl sites for hydroxylation is 1. The van der Waals surface area contributed by atoms with Gasteiger partial charge >= 0.3 is 5.97 Å². The van der Waals surface area contributed by atoms with Crippen molar-refractivity contribution in [3.8, 4) is 0 Å². The maximum absolute atomic E-state index is 11.7. The van der Waals surface area contributed by atoms with E-state index in [1.54, 1.807) is 6.07 Å². The molecule has 0 fully saturated rings. The molecule has 0 aliphatic heterocycles. The molecule has 0 unspecified atom stereocenters. The summed E-state index contributed by atoms with van der Waals surface area (Å²) in [6, 6.07) is 11.2. The molecular formula is C15H14ClNO2S. The minimum absolute atomic E-state index is 0.386. The highest BCUT2D eigenvalue weighted by Gasteiger charge is 2.14. The first-order chi connectivity index (χ1) is 9.51. The minimum Gasteiger partial charge on any atom is -0.465 e. The molecule has 0 heterocycles. The molecule has 2 N–H and O–H groups in total. The molecule has 0 aliphatic carbocycles. The van der Waals surface area contributed by atoms with Crippen molar-refractivity contribution in [2.45, 2.75) is 16.7 Å². The van der Waals surface area contributed by atoms with Crippen LogP contribution in [-0.4, -0.2) is 13.1 Å². The second kappa shape index (κ2) is 6.20.